The number of hydrogen-bond acceptors (Lipinski definition) is 6. The Labute approximate surface area is 157 Å². The van der Waals surface area contributed by atoms with Crippen LogP contribution in [-0.2, 0) is 22.3 Å². The molecule has 0 aliphatic carbocycles. The van der Waals surface area contributed by atoms with Crippen LogP contribution in [0.4, 0.5) is 0 Å². The molecule has 1 unspecified atom stereocenters. The van der Waals surface area contributed by atoms with Gasteiger partial charge in [0.15, 0.2) is 5.16 Å². The SMILES string of the molecule is Cc1ccc(SCc2nnc(SC(C)C(=O)OCC(C)C)n2C)cc1. The predicted molar refractivity (Wildman–Crippen MR) is 103 cm³/mol. The molecule has 136 valence electrons. The van der Waals surface area contributed by atoms with Gasteiger partial charge in [-0.2, -0.15) is 0 Å². The lowest BCUT2D eigenvalue weighted by atomic mass is 10.2. The van der Waals surface area contributed by atoms with E-state index in [1.807, 2.05) is 32.4 Å². The fourth-order valence-electron chi connectivity index (χ4n) is 1.93. The summed E-state index contributed by atoms with van der Waals surface area (Å²) in [6, 6.07) is 8.42. The number of aromatic nitrogens is 3. The van der Waals surface area contributed by atoms with E-state index in [4.69, 9.17) is 4.74 Å². The van der Waals surface area contributed by atoms with Crippen LogP contribution in [0.3, 0.4) is 0 Å². The molecule has 2 rings (SSSR count). The first-order valence-corrected chi connectivity index (χ1v) is 10.1. The van der Waals surface area contributed by atoms with Gasteiger partial charge in [0.25, 0.3) is 0 Å². The van der Waals surface area contributed by atoms with Gasteiger partial charge < -0.3 is 9.30 Å². The number of esters is 1. The molecular weight excluding hydrogens is 354 g/mol. The summed E-state index contributed by atoms with van der Waals surface area (Å²) in [7, 11) is 1.93. The van der Waals surface area contributed by atoms with Crippen LogP contribution in [0, 0.1) is 12.8 Å². The van der Waals surface area contributed by atoms with E-state index in [0.717, 1.165) is 16.7 Å². The first-order chi connectivity index (χ1) is 11.9. The Kier molecular flexibility index (Phi) is 7.38. The molecule has 0 saturated carbocycles. The highest BCUT2D eigenvalue weighted by Crippen LogP contribution is 2.26. The third kappa shape index (κ3) is 6.08. The molecule has 0 saturated heterocycles. The maximum absolute atomic E-state index is 12.0. The van der Waals surface area contributed by atoms with E-state index in [2.05, 4.69) is 41.4 Å². The zero-order chi connectivity index (χ0) is 18.4. The van der Waals surface area contributed by atoms with Crippen LogP contribution in [0.1, 0.15) is 32.2 Å². The Bertz CT molecular complexity index is 699. The van der Waals surface area contributed by atoms with Crippen molar-refractivity contribution in [3.8, 4) is 0 Å². The van der Waals surface area contributed by atoms with Gasteiger partial charge in [-0.3, -0.25) is 4.79 Å². The van der Waals surface area contributed by atoms with Gasteiger partial charge in [-0.05, 0) is 31.9 Å². The van der Waals surface area contributed by atoms with Gasteiger partial charge in [-0.25, -0.2) is 0 Å². The fourth-order valence-corrected chi connectivity index (χ4v) is 3.64. The van der Waals surface area contributed by atoms with Crippen molar-refractivity contribution in [2.45, 2.75) is 48.7 Å². The average Bonchev–Trinajstić information content (AvgIpc) is 2.92. The smallest absolute Gasteiger partial charge is 0.319 e. The van der Waals surface area contributed by atoms with Gasteiger partial charge in [0.2, 0.25) is 0 Å². The predicted octanol–water partition coefficient (Wildman–Crippen LogP) is 4.10. The monoisotopic (exact) mass is 379 g/mol. The lowest BCUT2D eigenvalue weighted by Gasteiger charge is -2.12. The van der Waals surface area contributed by atoms with Gasteiger partial charge in [0, 0.05) is 11.9 Å². The van der Waals surface area contributed by atoms with Crippen LogP contribution in [0.5, 0.6) is 0 Å². The number of aryl methyl sites for hydroxylation is 1. The Morgan fingerprint density at radius 2 is 1.88 bits per heavy atom. The topological polar surface area (TPSA) is 57.0 Å². The first-order valence-electron chi connectivity index (χ1n) is 8.28. The van der Waals surface area contributed by atoms with E-state index in [1.165, 1.54) is 22.2 Å². The highest BCUT2D eigenvalue weighted by Gasteiger charge is 2.20. The molecule has 0 bridgehead atoms. The van der Waals surface area contributed by atoms with Gasteiger partial charge >= 0.3 is 5.97 Å². The summed E-state index contributed by atoms with van der Waals surface area (Å²) in [4.78, 5) is 13.2. The number of rotatable bonds is 8. The van der Waals surface area contributed by atoms with Crippen LogP contribution in [0.15, 0.2) is 34.3 Å². The number of carbonyl (C=O) groups excluding carboxylic acids is 1. The second-order valence-electron chi connectivity index (χ2n) is 6.34. The first kappa shape index (κ1) is 19.8. The quantitative estimate of drug-likeness (QED) is 0.508. The lowest BCUT2D eigenvalue weighted by molar-refractivity contribution is -0.143. The van der Waals surface area contributed by atoms with Crippen LogP contribution in [-0.4, -0.2) is 32.6 Å². The standard InChI is InChI=1S/C18H25N3O2S2/c1-12(2)10-23-17(22)14(4)25-18-20-19-16(21(18)5)11-24-15-8-6-13(3)7-9-15/h6-9,12,14H,10-11H2,1-5H3. The van der Waals surface area contributed by atoms with Crippen molar-refractivity contribution in [3.63, 3.8) is 0 Å². The molecule has 2 aromatic rings. The Morgan fingerprint density at radius 1 is 1.20 bits per heavy atom. The lowest BCUT2D eigenvalue weighted by Crippen LogP contribution is -2.19. The second kappa shape index (κ2) is 9.29. The highest BCUT2D eigenvalue weighted by molar-refractivity contribution is 8.00. The van der Waals surface area contributed by atoms with Crippen molar-refractivity contribution in [2.24, 2.45) is 13.0 Å². The van der Waals surface area contributed by atoms with E-state index < -0.39 is 0 Å². The molecule has 0 N–H and O–H groups in total. The maximum atomic E-state index is 12.0. The van der Waals surface area contributed by atoms with Crippen molar-refractivity contribution >= 4 is 29.5 Å². The van der Waals surface area contributed by atoms with Gasteiger partial charge in [0.1, 0.15) is 11.1 Å². The van der Waals surface area contributed by atoms with Gasteiger partial charge in [0.05, 0.1) is 12.4 Å². The van der Waals surface area contributed by atoms with E-state index in [9.17, 15) is 4.79 Å². The Morgan fingerprint density at radius 3 is 2.52 bits per heavy atom. The normalized spacial score (nSPS) is 12.4. The molecule has 0 aliphatic heterocycles. The van der Waals surface area contributed by atoms with Gasteiger partial charge in [-0.1, -0.05) is 43.3 Å². The van der Waals surface area contributed by atoms with Crippen LogP contribution >= 0.6 is 23.5 Å². The second-order valence-corrected chi connectivity index (χ2v) is 8.70. The van der Waals surface area contributed by atoms with Crippen LogP contribution < -0.4 is 0 Å². The zero-order valence-corrected chi connectivity index (χ0v) is 17.0. The zero-order valence-electron chi connectivity index (χ0n) is 15.4. The Balaban J connectivity index is 1.91. The summed E-state index contributed by atoms with van der Waals surface area (Å²) >= 11 is 3.10. The number of carbonyl (C=O) groups is 1. The number of thioether (sulfide) groups is 2. The van der Waals surface area contributed by atoms with Crippen molar-refractivity contribution < 1.29 is 9.53 Å². The molecule has 0 radical (unpaired) electrons. The summed E-state index contributed by atoms with van der Waals surface area (Å²) in [6.45, 7) is 8.40. The summed E-state index contributed by atoms with van der Waals surface area (Å²) in [5, 5.41) is 8.89. The van der Waals surface area contributed by atoms with E-state index in [-0.39, 0.29) is 11.2 Å². The minimum absolute atomic E-state index is 0.211. The molecule has 25 heavy (non-hydrogen) atoms. The van der Waals surface area contributed by atoms with Gasteiger partial charge in [-0.15, -0.1) is 22.0 Å². The molecule has 0 aliphatic rings. The fraction of sp³-hybridized carbons (Fsp3) is 0.500. The summed E-state index contributed by atoms with van der Waals surface area (Å²) < 4.78 is 7.22. The van der Waals surface area contributed by atoms with Crippen LogP contribution in [0.25, 0.3) is 0 Å². The number of hydrogen-bond donors (Lipinski definition) is 0. The van der Waals surface area contributed by atoms with E-state index >= 15 is 0 Å². The number of nitrogens with zero attached hydrogens (tertiary/aromatic N) is 3. The molecule has 1 heterocycles. The molecule has 1 aromatic carbocycles. The third-order valence-electron chi connectivity index (χ3n) is 3.49. The molecular formula is C18H25N3O2S2. The molecule has 7 heteroatoms. The highest BCUT2D eigenvalue weighted by atomic mass is 32.2. The van der Waals surface area contributed by atoms with E-state index in [1.54, 1.807) is 11.8 Å². The number of benzene rings is 1. The summed E-state index contributed by atoms with van der Waals surface area (Å²) in [6.07, 6.45) is 0. The molecule has 1 atom stereocenters. The van der Waals surface area contributed by atoms with E-state index in [0.29, 0.717) is 12.5 Å². The van der Waals surface area contributed by atoms with Crippen molar-refractivity contribution in [3.05, 3.63) is 35.7 Å². The molecule has 1 aromatic heterocycles. The van der Waals surface area contributed by atoms with Crippen LogP contribution in [0.2, 0.25) is 0 Å². The molecule has 0 spiro atoms. The molecule has 0 amide bonds. The minimum atomic E-state index is -0.306. The summed E-state index contributed by atoms with van der Waals surface area (Å²) in [5.74, 6) is 1.74. The average molecular weight is 380 g/mol. The Hall–Kier alpha value is -1.47. The molecule has 5 nitrogen and oxygen atoms in total. The van der Waals surface area contributed by atoms with Crippen molar-refractivity contribution in [2.75, 3.05) is 6.61 Å². The largest absolute Gasteiger partial charge is 0.465 e. The maximum Gasteiger partial charge on any atom is 0.319 e. The minimum Gasteiger partial charge on any atom is -0.465 e. The number of ether oxygens (including phenoxy) is 1. The third-order valence-corrected chi connectivity index (χ3v) is 5.61. The van der Waals surface area contributed by atoms with Crippen molar-refractivity contribution in [1.29, 1.82) is 0 Å². The summed E-state index contributed by atoms with van der Waals surface area (Å²) in [5.41, 5.74) is 1.25. The van der Waals surface area contributed by atoms with Crippen molar-refractivity contribution in [1.82, 2.24) is 14.8 Å². The molecule has 0 fully saturated rings.